The van der Waals surface area contributed by atoms with Crippen LogP contribution in [0, 0.1) is 0 Å². The van der Waals surface area contributed by atoms with Crippen LogP contribution in [0.15, 0.2) is 18.2 Å². The smallest absolute Gasteiger partial charge is 0.258 e. The first-order valence-corrected chi connectivity index (χ1v) is 7.86. The van der Waals surface area contributed by atoms with Gasteiger partial charge in [-0.05, 0) is 59.2 Å². The Morgan fingerprint density at radius 2 is 1.67 bits per heavy atom. The fourth-order valence-corrected chi connectivity index (χ4v) is 1.91. The van der Waals surface area contributed by atoms with E-state index in [2.05, 4.69) is 31.4 Å². The van der Waals surface area contributed by atoms with Crippen molar-refractivity contribution in [2.45, 2.75) is 59.2 Å². The van der Waals surface area contributed by atoms with Crippen LogP contribution in [0.1, 0.15) is 47.1 Å². The molecule has 0 spiro atoms. The van der Waals surface area contributed by atoms with Crippen molar-refractivity contribution in [1.82, 2.24) is 10.6 Å². The SMILES string of the molecule is COc1cc(CNC(C)(C)C)ccc1OCC(=O)NC(C)(C)C.Cl. The Labute approximate surface area is 151 Å². The van der Waals surface area contributed by atoms with Crippen molar-refractivity contribution in [3.63, 3.8) is 0 Å². The molecule has 5 nitrogen and oxygen atoms in total. The van der Waals surface area contributed by atoms with Crippen LogP contribution in [0.25, 0.3) is 0 Å². The number of methoxy groups -OCH3 is 1. The molecule has 1 aromatic carbocycles. The van der Waals surface area contributed by atoms with E-state index in [1.165, 1.54) is 0 Å². The lowest BCUT2D eigenvalue weighted by molar-refractivity contribution is -0.124. The van der Waals surface area contributed by atoms with Gasteiger partial charge in [0.15, 0.2) is 18.1 Å². The Kier molecular flexibility index (Phi) is 8.58. The third-order valence-corrected chi connectivity index (χ3v) is 2.92. The Balaban J connectivity index is 0.00000529. The fourth-order valence-electron chi connectivity index (χ4n) is 1.91. The third-order valence-electron chi connectivity index (χ3n) is 2.92. The van der Waals surface area contributed by atoms with Crippen molar-refractivity contribution in [2.24, 2.45) is 0 Å². The van der Waals surface area contributed by atoms with Crippen molar-refractivity contribution in [3.8, 4) is 11.5 Å². The molecule has 2 N–H and O–H groups in total. The summed E-state index contributed by atoms with van der Waals surface area (Å²) < 4.78 is 10.9. The van der Waals surface area contributed by atoms with Gasteiger partial charge in [0.05, 0.1) is 7.11 Å². The molecule has 0 aliphatic heterocycles. The van der Waals surface area contributed by atoms with Crippen molar-refractivity contribution < 1.29 is 14.3 Å². The van der Waals surface area contributed by atoms with Gasteiger partial charge in [0.25, 0.3) is 5.91 Å². The summed E-state index contributed by atoms with van der Waals surface area (Å²) in [4.78, 5) is 11.8. The first kappa shape index (κ1) is 22.5. The topological polar surface area (TPSA) is 59.6 Å². The van der Waals surface area contributed by atoms with Gasteiger partial charge < -0.3 is 20.1 Å². The van der Waals surface area contributed by atoms with E-state index in [1.54, 1.807) is 7.11 Å². The number of halogens is 1. The van der Waals surface area contributed by atoms with Gasteiger partial charge in [-0.3, -0.25) is 4.79 Å². The highest BCUT2D eigenvalue weighted by atomic mass is 35.5. The first-order chi connectivity index (χ1) is 10.5. The molecule has 24 heavy (non-hydrogen) atoms. The van der Waals surface area contributed by atoms with E-state index in [1.807, 2.05) is 39.0 Å². The minimum Gasteiger partial charge on any atom is -0.493 e. The number of amides is 1. The lowest BCUT2D eigenvalue weighted by Gasteiger charge is -2.22. The normalized spacial score (nSPS) is 11.5. The number of hydrogen-bond donors (Lipinski definition) is 2. The molecule has 0 atom stereocenters. The maximum atomic E-state index is 11.8. The molecule has 0 radical (unpaired) electrons. The van der Waals surface area contributed by atoms with Crippen molar-refractivity contribution in [3.05, 3.63) is 23.8 Å². The molecule has 138 valence electrons. The van der Waals surface area contributed by atoms with E-state index in [-0.39, 0.29) is 36.0 Å². The second-order valence-corrected chi connectivity index (χ2v) is 7.68. The summed E-state index contributed by atoms with van der Waals surface area (Å²) in [5, 5.41) is 6.28. The molecule has 0 aromatic heterocycles. The summed E-state index contributed by atoms with van der Waals surface area (Å²) in [6, 6.07) is 5.73. The van der Waals surface area contributed by atoms with Gasteiger partial charge in [0, 0.05) is 17.6 Å². The van der Waals surface area contributed by atoms with Gasteiger partial charge in [-0.15, -0.1) is 12.4 Å². The Morgan fingerprint density at radius 1 is 1.04 bits per heavy atom. The number of ether oxygens (including phenoxy) is 2. The quantitative estimate of drug-likeness (QED) is 0.819. The Morgan fingerprint density at radius 3 is 2.17 bits per heavy atom. The van der Waals surface area contributed by atoms with Gasteiger partial charge >= 0.3 is 0 Å². The highest BCUT2D eigenvalue weighted by Crippen LogP contribution is 2.28. The van der Waals surface area contributed by atoms with Crippen LogP contribution in [0.5, 0.6) is 11.5 Å². The minimum atomic E-state index is -0.271. The zero-order valence-corrected chi connectivity index (χ0v) is 16.6. The Hall–Kier alpha value is -1.46. The van der Waals surface area contributed by atoms with E-state index in [0.717, 1.165) is 12.1 Å². The number of nitrogens with one attached hydrogen (secondary N) is 2. The molecule has 0 heterocycles. The summed E-state index contributed by atoms with van der Waals surface area (Å²) in [6.45, 7) is 12.9. The highest BCUT2D eigenvalue weighted by molar-refractivity contribution is 5.85. The van der Waals surface area contributed by atoms with Gasteiger partial charge in [-0.1, -0.05) is 6.07 Å². The van der Waals surface area contributed by atoms with Gasteiger partial charge in [0.1, 0.15) is 0 Å². The average molecular weight is 359 g/mol. The van der Waals surface area contributed by atoms with E-state index < -0.39 is 0 Å². The van der Waals surface area contributed by atoms with Crippen molar-refractivity contribution >= 4 is 18.3 Å². The molecular weight excluding hydrogens is 328 g/mol. The highest BCUT2D eigenvalue weighted by Gasteiger charge is 2.15. The molecule has 0 aliphatic rings. The average Bonchev–Trinajstić information content (AvgIpc) is 2.40. The molecule has 1 rings (SSSR count). The van der Waals surface area contributed by atoms with Gasteiger partial charge in [-0.2, -0.15) is 0 Å². The Bertz CT molecular complexity index is 534. The van der Waals surface area contributed by atoms with Crippen LogP contribution < -0.4 is 20.1 Å². The summed E-state index contributed by atoms with van der Waals surface area (Å²) >= 11 is 0. The maximum Gasteiger partial charge on any atom is 0.258 e. The lowest BCUT2D eigenvalue weighted by Crippen LogP contribution is -2.43. The van der Waals surface area contributed by atoms with Crippen LogP contribution in [0.2, 0.25) is 0 Å². The number of carbonyl (C=O) groups excluding carboxylic acids is 1. The number of rotatable bonds is 6. The molecule has 1 amide bonds. The summed E-state index contributed by atoms with van der Waals surface area (Å²) in [5.74, 6) is 1.04. The standard InChI is InChI=1S/C18H30N2O3.ClH/c1-17(2,3)19-11-13-8-9-14(15(10-13)22-7)23-12-16(21)20-18(4,5)6;/h8-10,19H,11-12H2,1-7H3,(H,20,21);1H. The zero-order chi connectivity index (χ0) is 17.7. The first-order valence-electron chi connectivity index (χ1n) is 7.86. The molecule has 6 heteroatoms. The number of carbonyl (C=O) groups is 1. The van der Waals surface area contributed by atoms with Gasteiger partial charge in [-0.25, -0.2) is 0 Å². The second-order valence-electron chi connectivity index (χ2n) is 7.68. The molecule has 0 bridgehead atoms. The summed E-state index contributed by atoms with van der Waals surface area (Å²) in [7, 11) is 1.60. The van der Waals surface area contributed by atoms with Crippen LogP contribution in [0.3, 0.4) is 0 Å². The third kappa shape index (κ3) is 8.99. The van der Waals surface area contributed by atoms with Gasteiger partial charge in [0.2, 0.25) is 0 Å². The lowest BCUT2D eigenvalue weighted by atomic mass is 10.1. The molecular formula is C18H31ClN2O3. The maximum absolute atomic E-state index is 11.8. The van der Waals surface area contributed by atoms with Crippen molar-refractivity contribution in [2.75, 3.05) is 13.7 Å². The summed E-state index contributed by atoms with van der Waals surface area (Å²) in [6.07, 6.45) is 0. The minimum absolute atomic E-state index is 0. The fraction of sp³-hybridized carbons (Fsp3) is 0.611. The van der Waals surface area contributed by atoms with E-state index in [0.29, 0.717) is 11.5 Å². The zero-order valence-electron chi connectivity index (χ0n) is 15.8. The van der Waals surface area contributed by atoms with E-state index in [9.17, 15) is 4.79 Å². The van der Waals surface area contributed by atoms with Crippen LogP contribution in [0.4, 0.5) is 0 Å². The molecule has 0 saturated heterocycles. The molecule has 0 saturated carbocycles. The molecule has 1 aromatic rings. The molecule has 0 aliphatic carbocycles. The van der Waals surface area contributed by atoms with Crippen LogP contribution in [-0.4, -0.2) is 30.7 Å². The predicted octanol–water partition coefficient (Wildman–Crippen LogP) is 3.30. The largest absolute Gasteiger partial charge is 0.493 e. The predicted molar refractivity (Wildman–Crippen MR) is 100 cm³/mol. The van der Waals surface area contributed by atoms with E-state index in [4.69, 9.17) is 9.47 Å². The second kappa shape index (κ2) is 9.14. The number of benzene rings is 1. The number of hydrogen-bond acceptors (Lipinski definition) is 4. The summed E-state index contributed by atoms with van der Waals surface area (Å²) in [5.41, 5.74) is 0.878. The van der Waals surface area contributed by atoms with Crippen LogP contribution in [-0.2, 0) is 11.3 Å². The molecule has 0 unspecified atom stereocenters. The van der Waals surface area contributed by atoms with E-state index >= 15 is 0 Å². The molecule has 0 fully saturated rings. The monoisotopic (exact) mass is 358 g/mol. The van der Waals surface area contributed by atoms with Crippen molar-refractivity contribution in [1.29, 1.82) is 0 Å². The van der Waals surface area contributed by atoms with Crippen LogP contribution >= 0.6 is 12.4 Å².